The highest BCUT2D eigenvalue weighted by molar-refractivity contribution is 5.42. The standard InChI is InChI=1S/C17H24N2O3/c1-17(2)12-19(10-15(22-17)11-20-3)9-14-7-13(8-18)5-6-16(14)21-4/h5-7,15H,9-12H2,1-4H3. The van der Waals surface area contributed by atoms with E-state index >= 15 is 0 Å². The third-order valence-corrected chi connectivity index (χ3v) is 3.71. The molecule has 22 heavy (non-hydrogen) atoms. The summed E-state index contributed by atoms with van der Waals surface area (Å²) in [5, 5.41) is 9.09. The van der Waals surface area contributed by atoms with E-state index in [0.717, 1.165) is 30.9 Å². The lowest BCUT2D eigenvalue weighted by Crippen LogP contribution is -2.53. The number of hydrogen-bond acceptors (Lipinski definition) is 5. The first-order chi connectivity index (χ1) is 10.5. The van der Waals surface area contributed by atoms with Crippen LogP contribution in [0.5, 0.6) is 5.75 Å². The highest BCUT2D eigenvalue weighted by Gasteiger charge is 2.33. The molecule has 1 aromatic carbocycles. The Hall–Kier alpha value is -1.61. The van der Waals surface area contributed by atoms with E-state index < -0.39 is 0 Å². The predicted molar refractivity (Wildman–Crippen MR) is 83.8 cm³/mol. The van der Waals surface area contributed by atoms with Gasteiger partial charge in [-0.25, -0.2) is 0 Å². The Morgan fingerprint density at radius 3 is 2.82 bits per heavy atom. The Morgan fingerprint density at radius 1 is 1.41 bits per heavy atom. The Kier molecular flexibility index (Phi) is 5.41. The van der Waals surface area contributed by atoms with E-state index in [-0.39, 0.29) is 11.7 Å². The van der Waals surface area contributed by atoms with Crippen molar-refractivity contribution in [1.82, 2.24) is 4.90 Å². The summed E-state index contributed by atoms with van der Waals surface area (Å²) in [4.78, 5) is 2.33. The van der Waals surface area contributed by atoms with Crippen LogP contribution in [0.25, 0.3) is 0 Å². The van der Waals surface area contributed by atoms with E-state index in [1.165, 1.54) is 0 Å². The molecule has 1 atom stereocenters. The van der Waals surface area contributed by atoms with Crippen molar-refractivity contribution < 1.29 is 14.2 Å². The van der Waals surface area contributed by atoms with Crippen LogP contribution in [0.15, 0.2) is 18.2 Å². The van der Waals surface area contributed by atoms with E-state index in [2.05, 4.69) is 24.8 Å². The van der Waals surface area contributed by atoms with Gasteiger partial charge in [-0.3, -0.25) is 4.90 Å². The van der Waals surface area contributed by atoms with Crippen LogP contribution in [0.3, 0.4) is 0 Å². The molecule has 0 spiro atoms. The van der Waals surface area contributed by atoms with Gasteiger partial charge < -0.3 is 14.2 Å². The number of nitrogens with zero attached hydrogens (tertiary/aromatic N) is 2. The molecule has 2 rings (SSSR count). The molecule has 1 unspecified atom stereocenters. The van der Waals surface area contributed by atoms with E-state index in [9.17, 15) is 0 Å². The molecule has 0 aromatic heterocycles. The van der Waals surface area contributed by atoms with E-state index in [1.54, 1.807) is 20.3 Å². The third kappa shape index (κ3) is 4.20. The van der Waals surface area contributed by atoms with Gasteiger partial charge in [-0.05, 0) is 32.0 Å². The molecule has 1 aliphatic heterocycles. The second-order valence-corrected chi connectivity index (χ2v) is 6.26. The van der Waals surface area contributed by atoms with Gasteiger partial charge in [0, 0.05) is 32.3 Å². The molecule has 0 saturated carbocycles. The number of benzene rings is 1. The summed E-state index contributed by atoms with van der Waals surface area (Å²) in [5.41, 5.74) is 1.45. The second kappa shape index (κ2) is 7.10. The smallest absolute Gasteiger partial charge is 0.123 e. The summed E-state index contributed by atoms with van der Waals surface area (Å²) in [5.74, 6) is 0.812. The first-order valence-corrected chi connectivity index (χ1v) is 7.43. The van der Waals surface area contributed by atoms with Crippen LogP contribution >= 0.6 is 0 Å². The summed E-state index contributed by atoms with van der Waals surface area (Å²) < 4.78 is 16.7. The average molecular weight is 304 g/mol. The monoisotopic (exact) mass is 304 g/mol. The average Bonchev–Trinajstić information content (AvgIpc) is 2.45. The summed E-state index contributed by atoms with van der Waals surface area (Å²) >= 11 is 0. The van der Waals surface area contributed by atoms with Crippen molar-refractivity contribution in [2.24, 2.45) is 0 Å². The minimum Gasteiger partial charge on any atom is -0.496 e. The molecule has 1 aliphatic rings. The number of nitriles is 1. The van der Waals surface area contributed by atoms with E-state index in [1.807, 2.05) is 12.1 Å². The molecule has 5 nitrogen and oxygen atoms in total. The highest BCUT2D eigenvalue weighted by Crippen LogP contribution is 2.26. The molecule has 1 aromatic rings. The quantitative estimate of drug-likeness (QED) is 0.834. The molecule has 0 radical (unpaired) electrons. The van der Waals surface area contributed by atoms with Crippen molar-refractivity contribution in [3.63, 3.8) is 0 Å². The maximum Gasteiger partial charge on any atom is 0.123 e. The molecule has 120 valence electrons. The zero-order chi connectivity index (χ0) is 16.2. The van der Waals surface area contributed by atoms with E-state index in [4.69, 9.17) is 19.5 Å². The summed E-state index contributed by atoms with van der Waals surface area (Å²) in [6.07, 6.45) is 0.0545. The van der Waals surface area contributed by atoms with Gasteiger partial charge in [0.1, 0.15) is 5.75 Å². The van der Waals surface area contributed by atoms with Crippen molar-refractivity contribution in [2.75, 3.05) is 33.9 Å². The Balaban J connectivity index is 2.16. The van der Waals surface area contributed by atoms with Gasteiger partial charge in [0.15, 0.2) is 0 Å². The van der Waals surface area contributed by atoms with Gasteiger partial charge >= 0.3 is 0 Å². The lowest BCUT2D eigenvalue weighted by molar-refractivity contribution is -0.154. The largest absolute Gasteiger partial charge is 0.496 e. The number of hydrogen-bond donors (Lipinski definition) is 0. The minimum absolute atomic E-state index is 0.0545. The number of rotatable bonds is 5. The normalized spacial score (nSPS) is 21.3. The fourth-order valence-corrected chi connectivity index (χ4v) is 3.02. The number of morpholine rings is 1. The zero-order valence-corrected chi connectivity index (χ0v) is 13.8. The van der Waals surface area contributed by atoms with Crippen LogP contribution in [0, 0.1) is 11.3 Å². The van der Waals surface area contributed by atoms with Gasteiger partial charge in [0.05, 0.1) is 37.1 Å². The molecular weight excluding hydrogens is 280 g/mol. The summed E-state index contributed by atoms with van der Waals surface area (Å²) in [7, 11) is 3.34. The molecule has 1 saturated heterocycles. The molecule has 5 heteroatoms. The van der Waals surface area contributed by atoms with Crippen molar-refractivity contribution in [1.29, 1.82) is 5.26 Å². The topological polar surface area (TPSA) is 54.7 Å². The molecule has 1 heterocycles. The fraction of sp³-hybridized carbons (Fsp3) is 0.588. The maximum atomic E-state index is 9.09. The van der Waals surface area contributed by atoms with Crippen molar-refractivity contribution in [2.45, 2.75) is 32.1 Å². The van der Waals surface area contributed by atoms with Gasteiger partial charge in [-0.15, -0.1) is 0 Å². The lowest BCUT2D eigenvalue weighted by Gasteiger charge is -2.42. The highest BCUT2D eigenvalue weighted by atomic mass is 16.5. The SMILES string of the molecule is COCC1CN(Cc2cc(C#N)ccc2OC)CC(C)(C)O1. The lowest BCUT2D eigenvalue weighted by atomic mass is 10.0. The van der Waals surface area contributed by atoms with Gasteiger partial charge in [0.25, 0.3) is 0 Å². The number of methoxy groups -OCH3 is 2. The molecule has 1 fully saturated rings. The number of ether oxygens (including phenoxy) is 3. The van der Waals surface area contributed by atoms with Crippen LogP contribution in [0.4, 0.5) is 0 Å². The van der Waals surface area contributed by atoms with Crippen molar-refractivity contribution in [3.05, 3.63) is 29.3 Å². The maximum absolute atomic E-state index is 9.09. The third-order valence-electron chi connectivity index (χ3n) is 3.71. The van der Waals surface area contributed by atoms with Crippen molar-refractivity contribution >= 4 is 0 Å². The van der Waals surface area contributed by atoms with Gasteiger partial charge in [-0.1, -0.05) is 0 Å². The van der Waals surface area contributed by atoms with Gasteiger partial charge in [-0.2, -0.15) is 5.26 Å². The first-order valence-electron chi connectivity index (χ1n) is 7.43. The fourth-order valence-electron chi connectivity index (χ4n) is 3.02. The summed E-state index contributed by atoms with van der Waals surface area (Å²) in [6.45, 7) is 7.11. The van der Waals surface area contributed by atoms with Crippen LogP contribution in [-0.4, -0.2) is 50.5 Å². The van der Waals surface area contributed by atoms with Crippen LogP contribution in [-0.2, 0) is 16.0 Å². The molecular formula is C17H24N2O3. The van der Waals surface area contributed by atoms with Crippen LogP contribution in [0.1, 0.15) is 25.0 Å². The van der Waals surface area contributed by atoms with Crippen LogP contribution < -0.4 is 4.74 Å². The molecule has 0 bridgehead atoms. The van der Waals surface area contributed by atoms with Crippen molar-refractivity contribution in [3.8, 4) is 11.8 Å². The van der Waals surface area contributed by atoms with Crippen LogP contribution in [0.2, 0.25) is 0 Å². The molecule has 0 amide bonds. The molecule has 0 aliphatic carbocycles. The minimum atomic E-state index is -0.221. The second-order valence-electron chi connectivity index (χ2n) is 6.26. The predicted octanol–water partition coefficient (Wildman–Crippen LogP) is 2.19. The first kappa shape index (κ1) is 16.8. The Bertz CT molecular complexity index is 551. The van der Waals surface area contributed by atoms with Gasteiger partial charge in [0.2, 0.25) is 0 Å². The zero-order valence-electron chi connectivity index (χ0n) is 13.8. The molecule has 0 N–H and O–H groups in total. The Labute approximate surface area is 132 Å². The summed E-state index contributed by atoms with van der Waals surface area (Å²) in [6, 6.07) is 7.71. The van der Waals surface area contributed by atoms with E-state index in [0.29, 0.717) is 12.2 Å². The Morgan fingerprint density at radius 2 is 2.18 bits per heavy atom.